The molecule has 0 heterocycles. The van der Waals surface area contributed by atoms with Gasteiger partial charge >= 0.3 is 5.97 Å². The van der Waals surface area contributed by atoms with E-state index in [4.69, 9.17) is 22.9 Å². The highest BCUT2D eigenvalue weighted by atomic mass is 16.4. The van der Waals surface area contributed by atoms with E-state index in [9.17, 15) is 29.1 Å². The molecule has 37 heavy (non-hydrogen) atoms. The summed E-state index contributed by atoms with van der Waals surface area (Å²) in [5.74, 6) is -4.21. The van der Waals surface area contributed by atoms with Crippen molar-refractivity contribution in [2.75, 3.05) is 6.54 Å². The van der Waals surface area contributed by atoms with Crippen molar-refractivity contribution in [2.45, 2.75) is 90.4 Å². The van der Waals surface area contributed by atoms with Gasteiger partial charge in [0, 0.05) is 13.0 Å². The Bertz CT molecular complexity index is 815. The molecule has 0 saturated heterocycles. The van der Waals surface area contributed by atoms with Gasteiger partial charge in [0.05, 0.1) is 6.04 Å². The van der Waals surface area contributed by atoms with Crippen molar-refractivity contribution in [3.05, 3.63) is 0 Å². The first kappa shape index (κ1) is 33.6. The van der Waals surface area contributed by atoms with Crippen molar-refractivity contribution in [1.82, 2.24) is 16.0 Å². The molecule has 0 aromatic heterocycles. The van der Waals surface area contributed by atoms with Crippen LogP contribution in [0.25, 0.3) is 0 Å². The standard InChI is InChI=1S/C23H44N8O6/c1-5-13(4)18(31-19(33)14(24)8-9-17(25)32)21(35)29-15(7-6-10-28-23(26)27)20(34)30-16(22(36)37)11-12(2)3/h12-16,18H,5-11,24H2,1-4H3,(H2,25,32)(H,29,35)(H,30,34)(H,31,33)(H,36,37)(H4,26,27,28). The zero-order valence-electron chi connectivity index (χ0n) is 22.2. The first-order valence-corrected chi connectivity index (χ1v) is 12.4. The Morgan fingerprint density at radius 1 is 0.865 bits per heavy atom. The summed E-state index contributed by atoms with van der Waals surface area (Å²) in [4.78, 5) is 65.3. The lowest BCUT2D eigenvalue weighted by Crippen LogP contribution is -2.58. The van der Waals surface area contributed by atoms with Gasteiger partial charge < -0.3 is 44.0 Å². The number of rotatable bonds is 18. The number of nitrogens with one attached hydrogen (secondary N) is 3. The third-order valence-electron chi connectivity index (χ3n) is 5.73. The number of carboxylic acids is 1. The Morgan fingerprint density at radius 2 is 1.46 bits per heavy atom. The highest BCUT2D eigenvalue weighted by Gasteiger charge is 2.32. The second kappa shape index (κ2) is 17.1. The maximum absolute atomic E-state index is 13.2. The lowest BCUT2D eigenvalue weighted by molar-refractivity contribution is -0.143. The van der Waals surface area contributed by atoms with E-state index in [-0.39, 0.29) is 50.0 Å². The van der Waals surface area contributed by atoms with Crippen molar-refractivity contribution in [2.24, 2.45) is 39.8 Å². The van der Waals surface area contributed by atoms with Gasteiger partial charge in [-0.3, -0.25) is 24.2 Å². The number of primary amides is 1. The van der Waals surface area contributed by atoms with Gasteiger partial charge in [0.1, 0.15) is 18.1 Å². The molecule has 0 bridgehead atoms. The Kier molecular flexibility index (Phi) is 15.5. The van der Waals surface area contributed by atoms with Crippen LogP contribution < -0.4 is 38.9 Å². The minimum Gasteiger partial charge on any atom is -0.480 e. The number of carbonyl (C=O) groups excluding carboxylic acids is 4. The number of nitrogens with two attached hydrogens (primary N) is 4. The van der Waals surface area contributed by atoms with Gasteiger partial charge in [0.15, 0.2) is 5.96 Å². The van der Waals surface area contributed by atoms with E-state index < -0.39 is 53.8 Å². The molecule has 5 atom stereocenters. The number of hydrogen-bond acceptors (Lipinski definition) is 7. The van der Waals surface area contributed by atoms with Gasteiger partial charge in [0.2, 0.25) is 23.6 Å². The summed E-state index contributed by atoms with van der Waals surface area (Å²) in [5.41, 5.74) is 21.6. The quantitative estimate of drug-likeness (QED) is 0.0569. The van der Waals surface area contributed by atoms with Crippen LogP contribution >= 0.6 is 0 Å². The molecule has 0 aliphatic heterocycles. The van der Waals surface area contributed by atoms with Crippen molar-refractivity contribution in [3.8, 4) is 0 Å². The van der Waals surface area contributed by atoms with Gasteiger partial charge in [-0.2, -0.15) is 0 Å². The van der Waals surface area contributed by atoms with Gasteiger partial charge in [-0.05, 0) is 37.5 Å². The Labute approximate surface area is 217 Å². The minimum atomic E-state index is -1.19. The predicted molar refractivity (Wildman–Crippen MR) is 139 cm³/mol. The molecule has 0 fully saturated rings. The molecule has 212 valence electrons. The Balaban J connectivity index is 5.67. The number of guanidine groups is 1. The molecule has 4 amide bonds. The summed E-state index contributed by atoms with van der Waals surface area (Å²) in [6.07, 6.45) is 1.07. The molecule has 0 radical (unpaired) electrons. The Morgan fingerprint density at radius 3 is 1.95 bits per heavy atom. The van der Waals surface area contributed by atoms with E-state index in [1.807, 2.05) is 20.8 Å². The summed E-state index contributed by atoms with van der Waals surface area (Å²) < 4.78 is 0. The summed E-state index contributed by atoms with van der Waals surface area (Å²) in [6, 6.07) is -4.34. The van der Waals surface area contributed by atoms with Crippen LogP contribution in [0.1, 0.15) is 66.2 Å². The van der Waals surface area contributed by atoms with Crippen LogP contribution in [-0.2, 0) is 24.0 Å². The van der Waals surface area contributed by atoms with E-state index in [0.29, 0.717) is 12.8 Å². The molecule has 0 spiro atoms. The topological polar surface area (TPSA) is 258 Å². The molecule has 0 aromatic rings. The fourth-order valence-corrected chi connectivity index (χ4v) is 3.39. The van der Waals surface area contributed by atoms with Crippen molar-refractivity contribution in [3.63, 3.8) is 0 Å². The van der Waals surface area contributed by atoms with Crippen LogP contribution in [0.15, 0.2) is 4.99 Å². The SMILES string of the molecule is CCC(C)C(NC(=O)C(N)CCC(N)=O)C(=O)NC(CCCN=C(N)N)C(=O)NC(CC(C)C)C(=O)O. The fourth-order valence-electron chi connectivity index (χ4n) is 3.39. The maximum atomic E-state index is 13.2. The fraction of sp³-hybridized carbons (Fsp3) is 0.739. The lowest BCUT2D eigenvalue weighted by Gasteiger charge is -2.28. The maximum Gasteiger partial charge on any atom is 0.326 e. The average Bonchev–Trinajstić information content (AvgIpc) is 2.80. The summed E-state index contributed by atoms with van der Waals surface area (Å²) in [5, 5.41) is 17.2. The second-order valence-electron chi connectivity index (χ2n) is 9.52. The molecule has 5 unspecified atom stereocenters. The van der Waals surface area contributed by atoms with Crippen LogP contribution in [0.4, 0.5) is 0 Å². The second-order valence-corrected chi connectivity index (χ2v) is 9.52. The van der Waals surface area contributed by atoms with E-state index >= 15 is 0 Å². The summed E-state index contributed by atoms with van der Waals surface area (Å²) in [6.45, 7) is 7.41. The zero-order valence-corrected chi connectivity index (χ0v) is 22.2. The van der Waals surface area contributed by atoms with E-state index in [1.54, 1.807) is 6.92 Å². The minimum absolute atomic E-state index is 0.0000717. The van der Waals surface area contributed by atoms with Gasteiger partial charge in [-0.1, -0.05) is 34.1 Å². The molecular weight excluding hydrogens is 484 g/mol. The Hall–Kier alpha value is -3.42. The van der Waals surface area contributed by atoms with E-state index in [1.165, 1.54) is 0 Å². The molecule has 14 nitrogen and oxygen atoms in total. The lowest BCUT2D eigenvalue weighted by atomic mass is 9.96. The molecule has 0 aromatic carbocycles. The average molecular weight is 529 g/mol. The molecular formula is C23H44N8O6. The number of carboxylic acid groups (broad SMARTS) is 1. The van der Waals surface area contributed by atoms with Crippen LogP contribution in [0.5, 0.6) is 0 Å². The molecule has 0 saturated carbocycles. The number of amides is 4. The number of carbonyl (C=O) groups is 5. The zero-order chi connectivity index (χ0) is 28.7. The van der Waals surface area contributed by atoms with Gasteiger partial charge in [0.25, 0.3) is 0 Å². The molecule has 12 N–H and O–H groups in total. The monoisotopic (exact) mass is 528 g/mol. The summed E-state index contributed by atoms with van der Waals surface area (Å²) in [7, 11) is 0. The van der Waals surface area contributed by atoms with E-state index in [2.05, 4.69) is 20.9 Å². The number of hydrogen-bond donors (Lipinski definition) is 8. The van der Waals surface area contributed by atoms with Crippen LogP contribution in [-0.4, -0.2) is 71.4 Å². The predicted octanol–water partition coefficient (Wildman–Crippen LogP) is -1.74. The number of aliphatic carboxylic acids is 1. The summed E-state index contributed by atoms with van der Waals surface area (Å²) >= 11 is 0. The van der Waals surface area contributed by atoms with Crippen LogP contribution in [0.3, 0.4) is 0 Å². The van der Waals surface area contributed by atoms with E-state index in [0.717, 1.165) is 0 Å². The van der Waals surface area contributed by atoms with Crippen molar-refractivity contribution in [1.29, 1.82) is 0 Å². The molecule has 0 rings (SSSR count). The number of nitrogens with zero attached hydrogens (tertiary/aromatic N) is 1. The third-order valence-corrected chi connectivity index (χ3v) is 5.73. The highest BCUT2D eigenvalue weighted by Crippen LogP contribution is 2.11. The molecule has 0 aliphatic carbocycles. The first-order chi connectivity index (χ1) is 17.2. The normalized spacial score (nSPS) is 15.0. The van der Waals surface area contributed by atoms with Crippen LogP contribution in [0.2, 0.25) is 0 Å². The highest BCUT2D eigenvalue weighted by molar-refractivity contribution is 5.94. The third kappa shape index (κ3) is 14.0. The van der Waals surface area contributed by atoms with Gasteiger partial charge in [-0.25, -0.2) is 4.79 Å². The largest absolute Gasteiger partial charge is 0.480 e. The van der Waals surface area contributed by atoms with Crippen LogP contribution in [0, 0.1) is 11.8 Å². The smallest absolute Gasteiger partial charge is 0.326 e. The molecule has 0 aliphatic rings. The van der Waals surface area contributed by atoms with Gasteiger partial charge in [-0.15, -0.1) is 0 Å². The molecule has 14 heteroatoms. The van der Waals surface area contributed by atoms with Crippen molar-refractivity contribution >= 4 is 35.6 Å². The first-order valence-electron chi connectivity index (χ1n) is 12.4. The number of aliphatic imine (C=N–C) groups is 1. The van der Waals surface area contributed by atoms with Crippen molar-refractivity contribution < 1.29 is 29.1 Å².